The molecule has 0 saturated heterocycles. The minimum atomic E-state index is -2.24. The fraction of sp³-hybridized carbons (Fsp3) is 0.231. The quantitative estimate of drug-likeness (QED) is 0.745. The number of alkyl halides is 1. The fourth-order valence-electron chi connectivity index (χ4n) is 1.73. The lowest BCUT2D eigenvalue weighted by Crippen LogP contribution is -2.25. The Balaban J connectivity index is 2.47. The maximum atomic E-state index is 13.8. The van der Waals surface area contributed by atoms with Gasteiger partial charge in [-0.3, -0.25) is 0 Å². The van der Waals surface area contributed by atoms with Crippen LogP contribution in [0.15, 0.2) is 48.1 Å². The van der Waals surface area contributed by atoms with E-state index in [1.807, 2.05) is 25.1 Å². The van der Waals surface area contributed by atoms with Gasteiger partial charge in [-0.1, -0.05) is 48.1 Å². The number of allylic oxidation sites excluding steroid dienone is 2. The van der Waals surface area contributed by atoms with Gasteiger partial charge in [0.1, 0.15) is 0 Å². The molecule has 0 saturated carbocycles. The summed E-state index contributed by atoms with van der Waals surface area (Å²) < 4.78 is 13.8. The van der Waals surface area contributed by atoms with Crippen molar-refractivity contribution in [2.75, 3.05) is 0 Å². The summed E-state index contributed by atoms with van der Waals surface area (Å²) in [6, 6.07) is 9.14. The van der Waals surface area contributed by atoms with Crippen molar-refractivity contribution in [1.82, 2.24) is 0 Å². The van der Waals surface area contributed by atoms with Gasteiger partial charge >= 0.3 is 0 Å². The van der Waals surface area contributed by atoms with E-state index in [-0.39, 0.29) is 6.42 Å². The monoisotopic (exact) mass is 204 g/mol. The van der Waals surface area contributed by atoms with Crippen molar-refractivity contribution in [3.05, 3.63) is 53.6 Å². The molecule has 0 fully saturated rings. The van der Waals surface area contributed by atoms with Gasteiger partial charge < -0.3 is 5.11 Å². The molecule has 0 bridgehead atoms. The summed E-state index contributed by atoms with van der Waals surface area (Å²) >= 11 is 0. The Bertz CT molecular complexity index is 415. The van der Waals surface area contributed by atoms with Crippen LogP contribution in [-0.2, 0) is 0 Å². The lowest BCUT2D eigenvalue weighted by molar-refractivity contribution is -0.0283. The molecular weight excluding hydrogens is 191 g/mol. The second-order valence-electron chi connectivity index (χ2n) is 3.84. The molecule has 2 heteroatoms. The van der Waals surface area contributed by atoms with E-state index in [2.05, 4.69) is 0 Å². The van der Waals surface area contributed by atoms with Gasteiger partial charge in [0, 0.05) is 12.0 Å². The lowest BCUT2D eigenvalue weighted by Gasteiger charge is -2.25. The van der Waals surface area contributed by atoms with Crippen LogP contribution in [-0.4, -0.2) is 11.0 Å². The van der Waals surface area contributed by atoms with Crippen molar-refractivity contribution < 1.29 is 9.50 Å². The molecule has 0 heterocycles. The Morgan fingerprint density at radius 1 is 1.27 bits per heavy atom. The molecule has 1 aliphatic carbocycles. The summed E-state index contributed by atoms with van der Waals surface area (Å²) in [5.41, 5.74) is 2.06. The van der Waals surface area contributed by atoms with Crippen molar-refractivity contribution in [2.45, 2.75) is 19.2 Å². The number of aliphatic hydroxyl groups is 1. The standard InChI is InChI=1S/C13H13FO/c1-10-7-8-13(14,15)12(9-10)11-5-3-2-4-6-11/h2-7,9,15H,8H2,1H3. The number of hydrogen-bond donors (Lipinski definition) is 1. The molecule has 2 rings (SSSR count). The first-order chi connectivity index (χ1) is 7.09. The van der Waals surface area contributed by atoms with Gasteiger partial charge in [0.25, 0.3) is 0 Å². The molecule has 0 radical (unpaired) electrons. The van der Waals surface area contributed by atoms with E-state index in [9.17, 15) is 9.50 Å². The second kappa shape index (κ2) is 3.63. The van der Waals surface area contributed by atoms with Crippen LogP contribution in [0.5, 0.6) is 0 Å². The molecule has 1 nitrogen and oxygen atoms in total. The SMILES string of the molecule is CC1=CCC(O)(F)C(c2ccccc2)=C1. The molecule has 1 N–H and O–H groups in total. The average Bonchev–Trinajstić information content (AvgIpc) is 2.23. The number of halogens is 1. The first-order valence-corrected chi connectivity index (χ1v) is 4.95. The van der Waals surface area contributed by atoms with Crippen LogP contribution in [0, 0.1) is 0 Å². The second-order valence-corrected chi connectivity index (χ2v) is 3.84. The largest absolute Gasteiger partial charge is 0.358 e. The van der Waals surface area contributed by atoms with E-state index in [0.29, 0.717) is 5.57 Å². The molecule has 1 atom stereocenters. The molecular formula is C13H13FO. The third-order valence-electron chi connectivity index (χ3n) is 2.56. The van der Waals surface area contributed by atoms with Gasteiger partial charge in [0.2, 0.25) is 5.85 Å². The molecule has 1 aromatic carbocycles. The van der Waals surface area contributed by atoms with E-state index >= 15 is 0 Å². The zero-order valence-corrected chi connectivity index (χ0v) is 8.57. The lowest BCUT2D eigenvalue weighted by atomic mass is 9.90. The predicted molar refractivity (Wildman–Crippen MR) is 58.9 cm³/mol. The van der Waals surface area contributed by atoms with Crippen molar-refractivity contribution in [3.8, 4) is 0 Å². The molecule has 1 unspecified atom stereocenters. The summed E-state index contributed by atoms with van der Waals surface area (Å²) in [6.45, 7) is 1.90. The van der Waals surface area contributed by atoms with Gasteiger partial charge in [-0.05, 0) is 12.5 Å². The highest BCUT2D eigenvalue weighted by Gasteiger charge is 2.33. The van der Waals surface area contributed by atoms with Crippen LogP contribution in [0.4, 0.5) is 4.39 Å². The Morgan fingerprint density at radius 2 is 1.93 bits per heavy atom. The van der Waals surface area contributed by atoms with E-state index in [0.717, 1.165) is 11.1 Å². The van der Waals surface area contributed by atoms with Crippen molar-refractivity contribution in [2.24, 2.45) is 0 Å². The Labute approximate surface area is 88.6 Å². The maximum Gasteiger partial charge on any atom is 0.237 e. The van der Waals surface area contributed by atoms with E-state index in [1.165, 1.54) is 0 Å². The summed E-state index contributed by atoms with van der Waals surface area (Å²) in [4.78, 5) is 0. The van der Waals surface area contributed by atoms with Crippen LogP contribution >= 0.6 is 0 Å². The Morgan fingerprint density at radius 3 is 2.60 bits per heavy atom. The van der Waals surface area contributed by atoms with E-state index < -0.39 is 5.85 Å². The van der Waals surface area contributed by atoms with Gasteiger partial charge in [-0.2, -0.15) is 0 Å². The molecule has 1 aliphatic rings. The van der Waals surface area contributed by atoms with Crippen molar-refractivity contribution >= 4 is 5.57 Å². The number of rotatable bonds is 1. The summed E-state index contributed by atoms with van der Waals surface area (Å²) in [7, 11) is 0. The third kappa shape index (κ3) is 2.00. The highest BCUT2D eigenvalue weighted by Crippen LogP contribution is 2.36. The van der Waals surface area contributed by atoms with Crippen LogP contribution in [0.25, 0.3) is 5.57 Å². The van der Waals surface area contributed by atoms with Gasteiger partial charge in [-0.15, -0.1) is 0 Å². The summed E-state index contributed by atoms with van der Waals surface area (Å²) in [5, 5.41) is 9.63. The Kier molecular flexibility index (Phi) is 2.45. The van der Waals surface area contributed by atoms with E-state index in [4.69, 9.17) is 0 Å². The maximum absolute atomic E-state index is 13.8. The predicted octanol–water partition coefficient (Wildman–Crippen LogP) is 3.08. The van der Waals surface area contributed by atoms with Crippen LogP contribution < -0.4 is 0 Å². The van der Waals surface area contributed by atoms with Crippen LogP contribution in [0.2, 0.25) is 0 Å². The topological polar surface area (TPSA) is 20.2 Å². The molecule has 15 heavy (non-hydrogen) atoms. The minimum Gasteiger partial charge on any atom is -0.358 e. The summed E-state index contributed by atoms with van der Waals surface area (Å²) in [6.07, 6.45) is 3.42. The van der Waals surface area contributed by atoms with Crippen molar-refractivity contribution in [3.63, 3.8) is 0 Å². The smallest absolute Gasteiger partial charge is 0.237 e. The zero-order valence-electron chi connectivity index (χ0n) is 8.57. The summed E-state index contributed by atoms with van der Waals surface area (Å²) in [5.74, 6) is -2.24. The van der Waals surface area contributed by atoms with Crippen LogP contribution in [0.1, 0.15) is 18.9 Å². The number of benzene rings is 1. The average molecular weight is 204 g/mol. The van der Waals surface area contributed by atoms with Gasteiger partial charge in [-0.25, -0.2) is 4.39 Å². The molecule has 0 spiro atoms. The highest BCUT2D eigenvalue weighted by atomic mass is 19.2. The minimum absolute atomic E-state index is 0.0273. The zero-order chi connectivity index (χ0) is 10.9. The van der Waals surface area contributed by atoms with Crippen LogP contribution in [0.3, 0.4) is 0 Å². The Hall–Kier alpha value is -1.41. The van der Waals surface area contributed by atoms with Crippen molar-refractivity contribution in [1.29, 1.82) is 0 Å². The fourth-order valence-corrected chi connectivity index (χ4v) is 1.73. The van der Waals surface area contributed by atoms with Gasteiger partial charge in [0.15, 0.2) is 0 Å². The highest BCUT2D eigenvalue weighted by molar-refractivity contribution is 5.74. The normalized spacial score (nSPS) is 25.8. The first kappa shape index (κ1) is 10.1. The first-order valence-electron chi connectivity index (χ1n) is 4.95. The van der Waals surface area contributed by atoms with E-state index in [1.54, 1.807) is 24.3 Å². The molecule has 78 valence electrons. The van der Waals surface area contributed by atoms with Gasteiger partial charge in [0.05, 0.1) is 0 Å². The molecule has 0 aromatic heterocycles. The molecule has 0 aliphatic heterocycles. The molecule has 0 amide bonds. The number of hydrogen-bond acceptors (Lipinski definition) is 1. The third-order valence-corrected chi connectivity index (χ3v) is 2.56. The molecule has 1 aromatic rings.